The van der Waals surface area contributed by atoms with Crippen molar-refractivity contribution in [3.8, 4) is 0 Å². The minimum atomic E-state index is -0.0197. The fourth-order valence-corrected chi connectivity index (χ4v) is 0.309. The normalized spacial score (nSPS) is 11.6. The molecule has 0 aromatic rings. The van der Waals surface area contributed by atoms with Crippen LogP contribution in [0, 0.1) is 0 Å². The van der Waals surface area contributed by atoms with Gasteiger partial charge in [-0.15, -0.1) is 6.58 Å². The van der Waals surface area contributed by atoms with E-state index >= 15 is 0 Å². The quantitative estimate of drug-likeness (QED) is 0.639. The molecule has 0 amide bonds. The molecule has 0 radical (unpaired) electrons. The summed E-state index contributed by atoms with van der Waals surface area (Å²) in [6.07, 6.45) is 1.76. The van der Waals surface area contributed by atoms with E-state index in [2.05, 4.69) is 6.58 Å². The van der Waals surface area contributed by atoms with Crippen molar-refractivity contribution < 1.29 is 9.47 Å². The van der Waals surface area contributed by atoms with Crippen molar-refractivity contribution in [2.24, 2.45) is 0 Å². The molecule has 0 saturated carbocycles. The van der Waals surface area contributed by atoms with Gasteiger partial charge in [0, 0.05) is 7.11 Å². The predicted molar refractivity (Wildman–Crippen MR) is 62.7 cm³/mol. The van der Waals surface area contributed by atoms with Crippen LogP contribution in [0.3, 0.4) is 0 Å². The van der Waals surface area contributed by atoms with Gasteiger partial charge in [-0.1, -0.05) is 6.08 Å². The summed E-state index contributed by atoms with van der Waals surface area (Å²) >= 11 is 0. The van der Waals surface area contributed by atoms with Crippen LogP contribution in [0.1, 0.15) is 41.5 Å². The van der Waals surface area contributed by atoms with Gasteiger partial charge >= 0.3 is 0 Å². The SMILES string of the molecule is C=CCOC(C)(C)C.COC(C)(C)C. The molecular formula is C12H26O2. The largest absolute Gasteiger partial charge is 0.379 e. The highest BCUT2D eigenvalue weighted by molar-refractivity contribution is 4.68. The Labute approximate surface area is 89.3 Å². The standard InChI is InChI=1S/C7H14O.C5H12O/c1-5-6-8-7(2,3)4;1-5(2,3)6-4/h5H,1,6H2,2-4H3;1-4H3. The van der Waals surface area contributed by atoms with Crippen molar-refractivity contribution in [2.75, 3.05) is 13.7 Å². The Morgan fingerprint density at radius 1 is 1.00 bits per heavy atom. The second-order valence-corrected chi connectivity index (χ2v) is 5.03. The average Bonchev–Trinajstić information content (AvgIpc) is 1.99. The topological polar surface area (TPSA) is 18.5 Å². The Bertz CT molecular complexity index is 137. The highest BCUT2D eigenvalue weighted by Crippen LogP contribution is 2.05. The summed E-state index contributed by atoms with van der Waals surface area (Å²) in [6.45, 7) is 16.3. The molecule has 86 valence electrons. The first kappa shape index (κ1) is 16.1. The zero-order valence-corrected chi connectivity index (χ0v) is 10.8. The summed E-state index contributed by atoms with van der Waals surface area (Å²) in [5.74, 6) is 0. The van der Waals surface area contributed by atoms with Crippen LogP contribution >= 0.6 is 0 Å². The third kappa shape index (κ3) is 22.6. The molecule has 0 spiro atoms. The maximum Gasteiger partial charge on any atom is 0.0651 e. The molecule has 0 saturated heterocycles. The molecule has 0 fully saturated rings. The van der Waals surface area contributed by atoms with Crippen molar-refractivity contribution in [1.82, 2.24) is 0 Å². The molecule has 0 bridgehead atoms. The zero-order chi connectivity index (χ0) is 11.8. The van der Waals surface area contributed by atoms with Crippen LogP contribution in [0.5, 0.6) is 0 Å². The fraction of sp³-hybridized carbons (Fsp3) is 0.833. The molecule has 0 heterocycles. The number of rotatable bonds is 2. The lowest BCUT2D eigenvalue weighted by atomic mass is 10.2. The summed E-state index contributed by atoms with van der Waals surface area (Å²) in [4.78, 5) is 0. The summed E-state index contributed by atoms with van der Waals surface area (Å²) in [6, 6.07) is 0. The molecule has 0 aromatic carbocycles. The monoisotopic (exact) mass is 202 g/mol. The van der Waals surface area contributed by atoms with Crippen molar-refractivity contribution in [1.29, 1.82) is 0 Å². The fourth-order valence-electron chi connectivity index (χ4n) is 0.309. The Hall–Kier alpha value is -0.340. The van der Waals surface area contributed by atoms with Gasteiger partial charge in [-0.2, -0.15) is 0 Å². The molecule has 14 heavy (non-hydrogen) atoms. The maximum absolute atomic E-state index is 5.26. The van der Waals surface area contributed by atoms with Crippen LogP contribution in [0.2, 0.25) is 0 Å². The number of methoxy groups -OCH3 is 1. The van der Waals surface area contributed by atoms with E-state index in [1.54, 1.807) is 13.2 Å². The smallest absolute Gasteiger partial charge is 0.0651 e. The van der Waals surface area contributed by atoms with E-state index < -0.39 is 0 Å². The molecule has 0 aliphatic carbocycles. The molecule has 0 N–H and O–H groups in total. The Kier molecular flexibility index (Phi) is 8.07. The molecule has 0 aromatic heterocycles. The predicted octanol–water partition coefficient (Wildman–Crippen LogP) is 3.42. The van der Waals surface area contributed by atoms with E-state index in [1.165, 1.54) is 0 Å². The average molecular weight is 202 g/mol. The summed E-state index contributed by atoms with van der Waals surface area (Å²) < 4.78 is 10.2. The minimum Gasteiger partial charge on any atom is -0.379 e. The lowest BCUT2D eigenvalue weighted by Crippen LogP contribution is -2.18. The van der Waals surface area contributed by atoms with Crippen molar-refractivity contribution in [3.63, 3.8) is 0 Å². The van der Waals surface area contributed by atoms with E-state index in [0.717, 1.165) is 0 Å². The molecule has 0 rings (SSSR count). The lowest BCUT2D eigenvalue weighted by Gasteiger charge is -2.17. The van der Waals surface area contributed by atoms with Crippen LogP contribution in [-0.2, 0) is 9.47 Å². The van der Waals surface area contributed by atoms with Crippen LogP contribution in [0.4, 0.5) is 0 Å². The van der Waals surface area contributed by atoms with Crippen LogP contribution in [-0.4, -0.2) is 24.9 Å². The van der Waals surface area contributed by atoms with Gasteiger partial charge < -0.3 is 9.47 Å². The van der Waals surface area contributed by atoms with Gasteiger partial charge in [-0.25, -0.2) is 0 Å². The van der Waals surface area contributed by atoms with Gasteiger partial charge in [0.25, 0.3) is 0 Å². The number of hydrogen-bond donors (Lipinski definition) is 0. The molecule has 0 unspecified atom stereocenters. The first-order chi connectivity index (χ1) is 6.12. The van der Waals surface area contributed by atoms with Gasteiger partial charge in [0.2, 0.25) is 0 Å². The van der Waals surface area contributed by atoms with Crippen molar-refractivity contribution in [3.05, 3.63) is 12.7 Å². The van der Waals surface area contributed by atoms with E-state index in [9.17, 15) is 0 Å². The van der Waals surface area contributed by atoms with Crippen LogP contribution < -0.4 is 0 Å². The van der Waals surface area contributed by atoms with E-state index in [-0.39, 0.29) is 11.2 Å². The molecule has 2 heteroatoms. The second-order valence-electron chi connectivity index (χ2n) is 5.03. The Morgan fingerprint density at radius 3 is 1.43 bits per heavy atom. The third-order valence-corrected chi connectivity index (χ3v) is 1.25. The van der Waals surface area contributed by atoms with E-state index in [4.69, 9.17) is 9.47 Å². The first-order valence-electron chi connectivity index (χ1n) is 4.92. The Morgan fingerprint density at radius 2 is 1.36 bits per heavy atom. The van der Waals surface area contributed by atoms with Crippen molar-refractivity contribution in [2.45, 2.75) is 52.7 Å². The second kappa shape index (κ2) is 7.02. The maximum atomic E-state index is 5.26. The summed E-state index contributed by atoms with van der Waals surface area (Å²) in [7, 11) is 1.71. The molecular weight excluding hydrogens is 176 g/mol. The van der Waals surface area contributed by atoms with Gasteiger partial charge in [-0.3, -0.25) is 0 Å². The zero-order valence-electron chi connectivity index (χ0n) is 10.8. The first-order valence-corrected chi connectivity index (χ1v) is 4.92. The minimum absolute atomic E-state index is 0.0197. The van der Waals surface area contributed by atoms with E-state index in [1.807, 2.05) is 41.5 Å². The molecule has 2 nitrogen and oxygen atoms in total. The molecule has 0 aliphatic rings. The summed E-state index contributed by atoms with van der Waals surface area (Å²) in [5.41, 5.74) is 0.0220. The number of ether oxygens (including phenoxy) is 2. The van der Waals surface area contributed by atoms with Gasteiger partial charge in [0.1, 0.15) is 0 Å². The van der Waals surface area contributed by atoms with Crippen molar-refractivity contribution >= 4 is 0 Å². The highest BCUT2D eigenvalue weighted by Gasteiger charge is 2.07. The third-order valence-electron chi connectivity index (χ3n) is 1.25. The molecule has 0 aliphatic heterocycles. The van der Waals surface area contributed by atoms with E-state index in [0.29, 0.717) is 6.61 Å². The van der Waals surface area contributed by atoms with Gasteiger partial charge in [0.15, 0.2) is 0 Å². The lowest BCUT2D eigenvalue weighted by molar-refractivity contribution is 0.0151. The molecule has 0 atom stereocenters. The Balaban J connectivity index is 0. The highest BCUT2D eigenvalue weighted by atomic mass is 16.5. The number of hydrogen-bond acceptors (Lipinski definition) is 2. The van der Waals surface area contributed by atoms with Crippen LogP contribution in [0.25, 0.3) is 0 Å². The van der Waals surface area contributed by atoms with Crippen LogP contribution in [0.15, 0.2) is 12.7 Å². The summed E-state index contributed by atoms with van der Waals surface area (Å²) in [5, 5.41) is 0. The van der Waals surface area contributed by atoms with Gasteiger partial charge in [-0.05, 0) is 41.5 Å². The van der Waals surface area contributed by atoms with Gasteiger partial charge in [0.05, 0.1) is 17.8 Å².